The van der Waals surface area contributed by atoms with Crippen molar-refractivity contribution in [3.8, 4) is 0 Å². The zero-order valence-corrected chi connectivity index (χ0v) is 8.79. The Morgan fingerprint density at radius 2 is 2.14 bits per heavy atom. The van der Waals surface area contributed by atoms with Gasteiger partial charge in [-0.15, -0.1) is 0 Å². The maximum absolute atomic E-state index is 11.4. The Hall–Kier alpha value is -1.03. The Labute approximate surface area is 83.5 Å². The van der Waals surface area contributed by atoms with Gasteiger partial charge < -0.3 is 5.32 Å². The monoisotopic (exact) mass is 195 g/mol. The molecule has 0 aromatic carbocycles. The first-order chi connectivity index (χ1) is 6.70. The fraction of sp³-hybridized carbons (Fsp3) is 0.700. The number of aromatic nitrogens is 2. The van der Waals surface area contributed by atoms with Crippen molar-refractivity contribution in [2.24, 2.45) is 14.1 Å². The van der Waals surface area contributed by atoms with Gasteiger partial charge in [-0.2, -0.15) is 0 Å². The minimum Gasteiger partial charge on any atom is -0.309 e. The molecule has 14 heavy (non-hydrogen) atoms. The van der Waals surface area contributed by atoms with Crippen molar-refractivity contribution in [3.63, 3.8) is 0 Å². The van der Waals surface area contributed by atoms with Crippen LogP contribution in [0.4, 0.5) is 0 Å². The summed E-state index contributed by atoms with van der Waals surface area (Å²) in [6.07, 6.45) is 3.63. The average molecular weight is 195 g/mol. The maximum Gasteiger partial charge on any atom is 0.266 e. The fourth-order valence-electron chi connectivity index (χ4n) is 2.06. The second-order valence-electron chi connectivity index (χ2n) is 3.96. The highest BCUT2D eigenvalue weighted by Gasteiger charge is 2.18. The van der Waals surface area contributed by atoms with Gasteiger partial charge in [0.05, 0.1) is 5.69 Å². The zero-order chi connectivity index (χ0) is 10.1. The van der Waals surface area contributed by atoms with Crippen LogP contribution in [0.25, 0.3) is 0 Å². The summed E-state index contributed by atoms with van der Waals surface area (Å²) in [6, 6.07) is 2.10. The van der Waals surface area contributed by atoms with Crippen molar-refractivity contribution in [2.45, 2.75) is 25.3 Å². The molecule has 1 aromatic heterocycles. The van der Waals surface area contributed by atoms with Gasteiger partial charge in [-0.05, 0) is 19.4 Å². The quantitative estimate of drug-likeness (QED) is 0.710. The van der Waals surface area contributed by atoms with E-state index in [-0.39, 0.29) is 5.56 Å². The number of hydrogen-bond acceptors (Lipinski definition) is 2. The van der Waals surface area contributed by atoms with Gasteiger partial charge in [0.2, 0.25) is 0 Å². The van der Waals surface area contributed by atoms with Gasteiger partial charge >= 0.3 is 0 Å². The van der Waals surface area contributed by atoms with E-state index in [0.29, 0.717) is 6.04 Å². The summed E-state index contributed by atoms with van der Waals surface area (Å²) in [6.45, 7) is 1.06. The van der Waals surface area contributed by atoms with Gasteiger partial charge in [0, 0.05) is 26.2 Å². The van der Waals surface area contributed by atoms with Crippen molar-refractivity contribution >= 4 is 0 Å². The van der Waals surface area contributed by atoms with E-state index < -0.39 is 0 Å². The Morgan fingerprint density at radius 1 is 1.36 bits per heavy atom. The van der Waals surface area contributed by atoms with Crippen molar-refractivity contribution in [1.29, 1.82) is 0 Å². The molecule has 0 radical (unpaired) electrons. The molecule has 1 saturated heterocycles. The molecule has 4 nitrogen and oxygen atoms in total. The first kappa shape index (κ1) is 9.52. The highest BCUT2D eigenvalue weighted by atomic mass is 16.1. The minimum atomic E-state index is 0.0786. The van der Waals surface area contributed by atoms with Gasteiger partial charge in [0.1, 0.15) is 0 Å². The van der Waals surface area contributed by atoms with E-state index >= 15 is 0 Å². The van der Waals surface area contributed by atoms with Gasteiger partial charge in [-0.25, -0.2) is 0 Å². The van der Waals surface area contributed by atoms with E-state index in [2.05, 4.69) is 5.32 Å². The van der Waals surface area contributed by atoms with Crippen molar-refractivity contribution in [2.75, 3.05) is 6.54 Å². The second kappa shape index (κ2) is 3.61. The van der Waals surface area contributed by atoms with Crippen LogP contribution in [0.2, 0.25) is 0 Å². The van der Waals surface area contributed by atoms with Gasteiger partial charge in [-0.1, -0.05) is 6.42 Å². The Morgan fingerprint density at radius 3 is 2.64 bits per heavy atom. The smallest absolute Gasteiger partial charge is 0.266 e. The Kier molecular flexibility index (Phi) is 2.46. The molecular formula is C10H17N3O. The Balaban J connectivity index is 2.30. The molecule has 1 aliphatic heterocycles. The topological polar surface area (TPSA) is 39.0 Å². The average Bonchev–Trinajstić information content (AvgIpc) is 2.47. The minimum absolute atomic E-state index is 0.0786. The highest BCUT2D eigenvalue weighted by Crippen LogP contribution is 2.21. The summed E-state index contributed by atoms with van der Waals surface area (Å²) in [5.41, 5.74) is 1.19. The highest BCUT2D eigenvalue weighted by molar-refractivity contribution is 5.08. The molecule has 78 valence electrons. The third-order valence-electron chi connectivity index (χ3n) is 3.08. The van der Waals surface area contributed by atoms with Crippen LogP contribution in [0.5, 0.6) is 0 Å². The first-order valence-corrected chi connectivity index (χ1v) is 5.16. The molecule has 0 bridgehead atoms. The molecule has 1 aliphatic rings. The van der Waals surface area contributed by atoms with Crippen LogP contribution in [-0.4, -0.2) is 15.9 Å². The van der Waals surface area contributed by atoms with E-state index in [1.165, 1.54) is 12.8 Å². The number of piperidine rings is 1. The van der Waals surface area contributed by atoms with Gasteiger partial charge in [0.15, 0.2) is 0 Å². The summed E-state index contributed by atoms with van der Waals surface area (Å²) in [4.78, 5) is 11.4. The van der Waals surface area contributed by atoms with E-state index in [1.807, 2.05) is 11.7 Å². The lowest BCUT2D eigenvalue weighted by atomic mass is 10.0. The molecule has 2 heterocycles. The third kappa shape index (κ3) is 1.50. The number of nitrogens with one attached hydrogen (secondary N) is 1. The summed E-state index contributed by atoms with van der Waals surface area (Å²) in [7, 11) is 3.74. The van der Waals surface area contributed by atoms with Crippen LogP contribution < -0.4 is 10.9 Å². The summed E-state index contributed by atoms with van der Waals surface area (Å²) in [5.74, 6) is 0. The standard InChI is InChI=1S/C10H17N3O/c1-12-9(7-10(14)13(12)2)8-5-3-4-6-11-8/h7-8,11H,3-6H2,1-2H3. The summed E-state index contributed by atoms with van der Waals surface area (Å²) >= 11 is 0. The molecule has 1 unspecified atom stereocenters. The number of rotatable bonds is 1. The van der Waals surface area contributed by atoms with E-state index in [0.717, 1.165) is 18.7 Å². The normalized spacial score (nSPS) is 22.6. The number of hydrogen-bond donors (Lipinski definition) is 1. The second-order valence-corrected chi connectivity index (χ2v) is 3.96. The van der Waals surface area contributed by atoms with Crippen molar-refractivity contribution in [1.82, 2.24) is 14.7 Å². The fourth-order valence-corrected chi connectivity index (χ4v) is 2.06. The van der Waals surface area contributed by atoms with E-state index in [1.54, 1.807) is 17.8 Å². The number of nitrogens with zero attached hydrogens (tertiary/aromatic N) is 2. The molecule has 0 spiro atoms. The molecule has 1 fully saturated rings. The zero-order valence-electron chi connectivity index (χ0n) is 8.79. The summed E-state index contributed by atoms with van der Waals surface area (Å²) in [5, 5.41) is 3.44. The van der Waals surface area contributed by atoms with E-state index in [9.17, 15) is 4.79 Å². The predicted octanol–water partition coefficient (Wildman–Crippen LogP) is 0.538. The summed E-state index contributed by atoms with van der Waals surface area (Å²) < 4.78 is 3.58. The first-order valence-electron chi connectivity index (χ1n) is 5.16. The van der Waals surface area contributed by atoms with Crippen LogP contribution in [0.3, 0.4) is 0 Å². The largest absolute Gasteiger partial charge is 0.309 e. The molecule has 4 heteroatoms. The van der Waals surface area contributed by atoms with Gasteiger partial charge in [0.25, 0.3) is 5.56 Å². The van der Waals surface area contributed by atoms with Crippen LogP contribution >= 0.6 is 0 Å². The third-order valence-corrected chi connectivity index (χ3v) is 3.08. The molecule has 2 rings (SSSR count). The lowest BCUT2D eigenvalue weighted by Crippen LogP contribution is -2.29. The van der Waals surface area contributed by atoms with E-state index in [4.69, 9.17) is 0 Å². The predicted molar refractivity (Wildman–Crippen MR) is 55.2 cm³/mol. The molecule has 1 N–H and O–H groups in total. The molecule has 0 saturated carbocycles. The molecule has 1 aromatic rings. The van der Waals surface area contributed by atoms with Gasteiger partial charge in [-0.3, -0.25) is 14.2 Å². The van der Waals surface area contributed by atoms with Crippen LogP contribution in [0.1, 0.15) is 31.0 Å². The molecule has 1 atom stereocenters. The SMILES string of the molecule is Cn1c(C2CCCCN2)cc(=O)n1C. The van der Waals surface area contributed by atoms with Crippen LogP contribution in [0.15, 0.2) is 10.9 Å². The van der Waals surface area contributed by atoms with Crippen LogP contribution in [0, 0.1) is 0 Å². The van der Waals surface area contributed by atoms with Crippen molar-refractivity contribution in [3.05, 3.63) is 22.1 Å². The Bertz CT molecular complexity index is 371. The lowest BCUT2D eigenvalue weighted by Gasteiger charge is -2.23. The lowest BCUT2D eigenvalue weighted by molar-refractivity contribution is 0.385. The van der Waals surface area contributed by atoms with Crippen LogP contribution in [-0.2, 0) is 14.1 Å². The maximum atomic E-state index is 11.4. The molecule has 0 amide bonds. The van der Waals surface area contributed by atoms with Crippen molar-refractivity contribution < 1.29 is 0 Å². The molecule has 0 aliphatic carbocycles. The molecular weight excluding hydrogens is 178 g/mol.